The summed E-state index contributed by atoms with van der Waals surface area (Å²) in [4.78, 5) is 28.2. The fourth-order valence-electron chi connectivity index (χ4n) is 2.52. The molecule has 1 aliphatic heterocycles. The van der Waals surface area contributed by atoms with Crippen LogP contribution in [0.25, 0.3) is 0 Å². The quantitative estimate of drug-likeness (QED) is 0.624. The number of hydrogen-bond acceptors (Lipinski definition) is 4. The second kappa shape index (κ2) is 8.45. The van der Waals surface area contributed by atoms with E-state index < -0.39 is 0 Å². The molecule has 2 aromatic carbocycles. The first-order valence-electron chi connectivity index (χ1n) is 8.12. The lowest BCUT2D eigenvalue weighted by Crippen LogP contribution is -2.43. The van der Waals surface area contributed by atoms with Gasteiger partial charge in [0, 0.05) is 22.1 Å². The number of fused-ring (bicyclic) bond motifs is 1. The molecular weight excluding hydrogens is 352 g/mol. The van der Waals surface area contributed by atoms with Crippen molar-refractivity contribution in [1.82, 2.24) is 5.32 Å². The SMILES string of the molecule is Cc1ccc(SCCNC(=O)CN2C(=O)CSc3ccccc32)cc1. The van der Waals surface area contributed by atoms with Crippen LogP contribution in [0.1, 0.15) is 5.56 Å². The summed E-state index contributed by atoms with van der Waals surface area (Å²) < 4.78 is 0. The van der Waals surface area contributed by atoms with Gasteiger partial charge in [-0.05, 0) is 31.2 Å². The van der Waals surface area contributed by atoms with Crippen molar-refractivity contribution in [2.45, 2.75) is 16.7 Å². The maximum absolute atomic E-state index is 12.2. The van der Waals surface area contributed by atoms with Crippen LogP contribution in [0.15, 0.2) is 58.3 Å². The summed E-state index contributed by atoms with van der Waals surface area (Å²) in [5.41, 5.74) is 2.07. The van der Waals surface area contributed by atoms with Gasteiger partial charge in [-0.15, -0.1) is 23.5 Å². The van der Waals surface area contributed by atoms with Crippen molar-refractivity contribution in [2.75, 3.05) is 29.5 Å². The number of aryl methyl sites for hydroxylation is 1. The minimum absolute atomic E-state index is 0.0205. The van der Waals surface area contributed by atoms with Gasteiger partial charge in [0.05, 0.1) is 11.4 Å². The van der Waals surface area contributed by atoms with E-state index in [1.54, 1.807) is 16.7 Å². The van der Waals surface area contributed by atoms with E-state index in [1.807, 2.05) is 24.3 Å². The van der Waals surface area contributed by atoms with Crippen molar-refractivity contribution in [1.29, 1.82) is 0 Å². The fraction of sp³-hybridized carbons (Fsp3) is 0.263. The third-order valence-electron chi connectivity index (χ3n) is 3.82. The zero-order valence-corrected chi connectivity index (χ0v) is 15.7. The summed E-state index contributed by atoms with van der Waals surface area (Å²) >= 11 is 3.23. The van der Waals surface area contributed by atoms with Crippen LogP contribution in [0.5, 0.6) is 0 Å². The van der Waals surface area contributed by atoms with E-state index in [9.17, 15) is 9.59 Å². The van der Waals surface area contributed by atoms with Crippen LogP contribution in [0, 0.1) is 6.92 Å². The molecule has 3 rings (SSSR count). The first kappa shape index (κ1) is 17.9. The molecule has 0 aromatic heterocycles. The highest BCUT2D eigenvalue weighted by molar-refractivity contribution is 8.00. The number of para-hydroxylation sites is 1. The summed E-state index contributed by atoms with van der Waals surface area (Å²) in [5.74, 6) is 1.04. The number of thioether (sulfide) groups is 2. The monoisotopic (exact) mass is 372 g/mol. The third kappa shape index (κ3) is 4.80. The number of carbonyl (C=O) groups excluding carboxylic acids is 2. The molecule has 1 heterocycles. The molecule has 2 aromatic rings. The molecule has 0 saturated heterocycles. The minimum Gasteiger partial charge on any atom is -0.354 e. The fourth-order valence-corrected chi connectivity index (χ4v) is 4.22. The van der Waals surface area contributed by atoms with Crippen molar-refractivity contribution < 1.29 is 9.59 Å². The molecule has 4 nitrogen and oxygen atoms in total. The van der Waals surface area contributed by atoms with E-state index in [1.165, 1.54) is 22.2 Å². The minimum atomic E-state index is -0.125. The van der Waals surface area contributed by atoms with Crippen LogP contribution < -0.4 is 10.2 Å². The number of nitrogens with one attached hydrogen (secondary N) is 1. The van der Waals surface area contributed by atoms with Crippen LogP contribution in [-0.2, 0) is 9.59 Å². The standard InChI is InChI=1S/C19H20N2O2S2/c1-14-6-8-15(9-7-14)24-11-10-20-18(22)12-21-16-4-2-3-5-17(16)25-13-19(21)23/h2-9H,10-13H2,1H3,(H,20,22). The van der Waals surface area contributed by atoms with E-state index in [-0.39, 0.29) is 18.4 Å². The number of anilines is 1. The predicted octanol–water partition coefficient (Wildman–Crippen LogP) is 3.34. The van der Waals surface area contributed by atoms with Crippen LogP contribution in [0.2, 0.25) is 0 Å². The van der Waals surface area contributed by atoms with Crippen molar-refractivity contribution in [3.05, 3.63) is 54.1 Å². The highest BCUT2D eigenvalue weighted by Crippen LogP contribution is 2.34. The zero-order chi connectivity index (χ0) is 17.6. The summed E-state index contributed by atoms with van der Waals surface area (Å²) in [6, 6.07) is 16.0. The van der Waals surface area contributed by atoms with Gasteiger partial charge in [-0.3, -0.25) is 9.59 Å². The predicted molar refractivity (Wildman–Crippen MR) is 104 cm³/mol. The summed E-state index contributed by atoms with van der Waals surface area (Å²) in [7, 11) is 0. The number of amides is 2. The average Bonchev–Trinajstić information content (AvgIpc) is 2.63. The number of nitrogens with zero attached hydrogens (tertiary/aromatic N) is 1. The Morgan fingerprint density at radius 2 is 1.96 bits per heavy atom. The lowest BCUT2D eigenvalue weighted by Gasteiger charge is -2.28. The Bertz CT molecular complexity index is 762. The van der Waals surface area contributed by atoms with E-state index in [4.69, 9.17) is 0 Å². The number of hydrogen-bond donors (Lipinski definition) is 1. The van der Waals surface area contributed by atoms with E-state index in [0.29, 0.717) is 12.3 Å². The highest BCUT2D eigenvalue weighted by atomic mass is 32.2. The lowest BCUT2D eigenvalue weighted by atomic mass is 10.2. The van der Waals surface area contributed by atoms with Gasteiger partial charge in [0.15, 0.2) is 0 Å². The maximum atomic E-state index is 12.2. The second-order valence-corrected chi connectivity index (χ2v) is 7.93. The van der Waals surface area contributed by atoms with E-state index in [0.717, 1.165) is 16.3 Å². The van der Waals surface area contributed by atoms with Gasteiger partial charge in [-0.1, -0.05) is 29.8 Å². The largest absolute Gasteiger partial charge is 0.354 e. The molecule has 0 radical (unpaired) electrons. The Hall–Kier alpha value is -1.92. The van der Waals surface area contributed by atoms with Crippen molar-refractivity contribution in [2.24, 2.45) is 0 Å². The van der Waals surface area contributed by atoms with Gasteiger partial charge in [0.25, 0.3) is 0 Å². The normalized spacial score (nSPS) is 13.5. The number of carbonyl (C=O) groups is 2. The molecule has 0 spiro atoms. The van der Waals surface area contributed by atoms with Gasteiger partial charge in [-0.25, -0.2) is 0 Å². The van der Waals surface area contributed by atoms with Crippen molar-refractivity contribution in [3.63, 3.8) is 0 Å². The summed E-state index contributed by atoms with van der Waals surface area (Å²) in [6.45, 7) is 2.72. The molecule has 0 saturated carbocycles. The maximum Gasteiger partial charge on any atom is 0.240 e. The molecule has 25 heavy (non-hydrogen) atoms. The molecule has 0 aliphatic carbocycles. The van der Waals surface area contributed by atoms with Crippen LogP contribution in [0.3, 0.4) is 0 Å². The Morgan fingerprint density at radius 3 is 2.76 bits per heavy atom. The molecule has 0 atom stereocenters. The first-order chi connectivity index (χ1) is 12.1. The molecule has 1 N–H and O–H groups in total. The van der Waals surface area contributed by atoms with Crippen molar-refractivity contribution >= 4 is 41.0 Å². The topological polar surface area (TPSA) is 49.4 Å². The second-order valence-electron chi connectivity index (χ2n) is 5.75. The molecule has 0 unspecified atom stereocenters. The average molecular weight is 373 g/mol. The highest BCUT2D eigenvalue weighted by Gasteiger charge is 2.25. The molecule has 1 aliphatic rings. The molecule has 0 bridgehead atoms. The van der Waals surface area contributed by atoms with Gasteiger partial charge >= 0.3 is 0 Å². The molecule has 130 valence electrons. The molecule has 6 heteroatoms. The number of benzene rings is 2. The first-order valence-corrected chi connectivity index (χ1v) is 10.1. The summed E-state index contributed by atoms with van der Waals surface area (Å²) in [6.07, 6.45) is 0. The Balaban J connectivity index is 1.48. The number of rotatable bonds is 6. The van der Waals surface area contributed by atoms with Gasteiger partial charge in [-0.2, -0.15) is 0 Å². The third-order valence-corrected chi connectivity index (χ3v) is 5.89. The summed E-state index contributed by atoms with van der Waals surface area (Å²) in [5, 5.41) is 2.90. The van der Waals surface area contributed by atoms with E-state index in [2.05, 4.69) is 36.5 Å². The molecule has 0 fully saturated rings. The van der Waals surface area contributed by atoms with Gasteiger partial charge in [0.1, 0.15) is 6.54 Å². The Labute approximate surface area is 156 Å². The Morgan fingerprint density at radius 1 is 1.20 bits per heavy atom. The van der Waals surface area contributed by atoms with Crippen LogP contribution in [-0.4, -0.2) is 36.4 Å². The molecule has 2 amide bonds. The smallest absolute Gasteiger partial charge is 0.240 e. The van der Waals surface area contributed by atoms with Gasteiger partial charge in [0.2, 0.25) is 11.8 Å². The Kier molecular flexibility index (Phi) is 6.04. The van der Waals surface area contributed by atoms with Crippen molar-refractivity contribution in [3.8, 4) is 0 Å². The van der Waals surface area contributed by atoms with Crippen LogP contribution in [0.4, 0.5) is 5.69 Å². The molecular formula is C19H20N2O2S2. The van der Waals surface area contributed by atoms with Crippen LogP contribution >= 0.6 is 23.5 Å². The van der Waals surface area contributed by atoms with E-state index >= 15 is 0 Å². The lowest BCUT2D eigenvalue weighted by molar-refractivity contribution is -0.122. The van der Waals surface area contributed by atoms with Gasteiger partial charge < -0.3 is 10.2 Å². The zero-order valence-electron chi connectivity index (χ0n) is 14.0.